The van der Waals surface area contributed by atoms with E-state index in [0.717, 1.165) is 5.89 Å². The van der Waals surface area contributed by atoms with Gasteiger partial charge in [0.15, 0.2) is 11.6 Å². The molecule has 0 radical (unpaired) electrons. The molecule has 0 amide bonds. The van der Waals surface area contributed by atoms with Crippen LogP contribution in [0.4, 0.5) is 0 Å². The minimum atomic E-state index is -0.431. The van der Waals surface area contributed by atoms with Crippen LogP contribution in [0.2, 0.25) is 0 Å². The molecular formula is C12H18BNO3. The first-order valence-corrected chi connectivity index (χ1v) is 6.20. The van der Waals surface area contributed by atoms with Crippen molar-refractivity contribution in [1.29, 1.82) is 0 Å². The molecule has 5 heteroatoms. The summed E-state index contributed by atoms with van der Waals surface area (Å²) >= 11 is 0. The Morgan fingerprint density at radius 2 is 1.76 bits per heavy atom. The lowest BCUT2D eigenvalue weighted by molar-refractivity contribution is 0.00578. The highest BCUT2D eigenvalue weighted by atomic mass is 16.7. The number of nitrogens with zero attached hydrogens (tertiary/aromatic N) is 1. The van der Waals surface area contributed by atoms with Crippen LogP contribution in [-0.4, -0.2) is 23.3 Å². The molecular weight excluding hydrogens is 217 g/mol. The Morgan fingerprint density at radius 3 is 2.29 bits per heavy atom. The van der Waals surface area contributed by atoms with Crippen molar-refractivity contribution in [3.8, 4) is 0 Å². The van der Waals surface area contributed by atoms with Crippen LogP contribution < -0.4 is 5.66 Å². The highest BCUT2D eigenvalue weighted by Gasteiger charge is 2.53. The summed E-state index contributed by atoms with van der Waals surface area (Å²) in [7, 11) is -0.431. The second-order valence-electron chi connectivity index (χ2n) is 5.96. The van der Waals surface area contributed by atoms with E-state index < -0.39 is 7.12 Å². The number of hydrogen-bond donors (Lipinski definition) is 0. The second kappa shape index (κ2) is 3.36. The zero-order valence-corrected chi connectivity index (χ0v) is 10.8. The van der Waals surface area contributed by atoms with E-state index in [1.54, 1.807) is 6.20 Å². The van der Waals surface area contributed by atoms with Crippen LogP contribution in [0.5, 0.6) is 0 Å². The maximum Gasteiger partial charge on any atom is 0.534 e. The fourth-order valence-electron chi connectivity index (χ4n) is 1.89. The predicted molar refractivity (Wildman–Crippen MR) is 64.2 cm³/mol. The molecule has 2 heterocycles. The first-order chi connectivity index (χ1) is 7.89. The van der Waals surface area contributed by atoms with Crippen LogP contribution in [0, 0.1) is 0 Å². The van der Waals surface area contributed by atoms with Gasteiger partial charge in [0, 0.05) is 5.92 Å². The largest absolute Gasteiger partial charge is 0.534 e. The molecule has 1 aromatic rings. The Kier molecular flexibility index (Phi) is 2.23. The fourth-order valence-corrected chi connectivity index (χ4v) is 1.89. The van der Waals surface area contributed by atoms with E-state index in [9.17, 15) is 0 Å². The minimum Gasteiger partial charge on any atom is -0.449 e. The van der Waals surface area contributed by atoms with Gasteiger partial charge in [0.25, 0.3) is 0 Å². The standard InChI is InChI=1S/C12H18BNO3/c1-11(2)12(3,4)17-13(16-11)9-7-14-10(15-9)8-5-6-8/h7-8H,5-6H2,1-4H3. The van der Waals surface area contributed by atoms with E-state index in [-0.39, 0.29) is 11.2 Å². The average Bonchev–Trinajstić information content (AvgIpc) is 2.89. The molecule has 2 fully saturated rings. The van der Waals surface area contributed by atoms with E-state index >= 15 is 0 Å². The average molecular weight is 235 g/mol. The zero-order valence-electron chi connectivity index (χ0n) is 10.8. The lowest BCUT2D eigenvalue weighted by Crippen LogP contribution is -2.41. The molecule has 1 aliphatic heterocycles. The molecule has 0 unspecified atom stereocenters. The lowest BCUT2D eigenvalue weighted by Gasteiger charge is -2.32. The highest BCUT2D eigenvalue weighted by molar-refractivity contribution is 6.60. The summed E-state index contributed by atoms with van der Waals surface area (Å²) in [5.41, 5.74) is 0.0274. The van der Waals surface area contributed by atoms with Gasteiger partial charge in [-0.05, 0) is 40.5 Å². The summed E-state index contributed by atoms with van der Waals surface area (Å²) in [6.45, 7) is 8.13. The van der Waals surface area contributed by atoms with Gasteiger partial charge in [0.2, 0.25) is 0 Å². The maximum absolute atomic E-state index is 5.91. The highest BCUT2D eigenvalue weighted by Crippen LogP contribution is 2.40. The molecule has 17 heavy (non-hydrogen) atoms. The summed E-state index contributed by atoms with van der Waals surface area (Å²) in [6, 6.07) is 0. The Morgan fingerprint density at radius 1 is 1.18 bits per heavy atom. The maximum atomic E-state index is 5.91. The van der Waals surface area contributed by atoms with E-state index in [1.807, 2.05) is 27.7 Å². The molecule has 0 atom stereocenters. The van der Waals surface area contributed by atoms with Crippen molar-refractivity contribution in [2.45, 2.75) is 57.7 Å². The van der Waals surface area contributed by atoms with E-state index in [2.05, 4.69) is 4.98 Å². The van der Waals surface area contributed by atoms with Crippen molar-refractivity contribution in [3.63, 3.8) is 0 Å². The van der Waals surface area contributed by atoms with Gasteiger partial charge >= 0.3 is 7.12 Å². The molecule has 0 aromatic carbocycles. The van der Waals surface area contributed by atoms with Gasteiger partial charge in [0.05, 0.1) is 17.4 Å². The summed E-state index contributed by atoms with van der Waals surface area (Å²) in [5, 5.41) is 0. The molecule has 0 spiro atoms. The summed E-state index contributed by atoms with van der Waals surface area (Å²) < 4.78 is 17.5. The third kappa shape index (κ3) is 1.81. The minimum absolute atomic E-state index is 0.329. The first kappa shape index (κ1) is 11.3. The van der Waals surface area contributed by atoms with Crippen LogP contribution in [-0.2, 0) is 9.31 Å². The summed E-state index contributed by atoms with van der Waals surface area (Å²) in [5.74, 6) is 1.35. The number of oxazole rings is 1. The van der Waals surface area contributed by atoms with Gasteiger partial charge in [-0.3, -0.25) is 0 Å². The summed E-state index contributed by atoms with van der Waals surface area (Å²) in [4.78, 5) is 4.29. The van der Waals surface area contributed by atoms with Crippen LogP contribution in [0.15, 0.2) is 10.6 Å². The predicted octanol–water partition coefficient (Wildman–Crippen LogP) is 1.85. The molecule has 1 saturated heterocycles. The van der Waals surface area contributed by atoms with Gasteiger partial charge in [-0.15, -0.1) is 0 Å². The third-order valence-corrected chi connectivity index (χ3v) is 3.95. The fraction of sp³-hybridized carbons (Fsp3) is 0.750. The molecule has 1 saturated carbocycles. The van der Waals surface area contributed by atoms with Crippen molar-refractivity contribution in [2.24, 2.45) is 0 Å². The second-order valence-corrected chi connectivity index (χ2v) is 5.96. The first-order valence-electron chi connectivity index (χ1n) is 6.20. The van der Waals surface area contributed by atoms with Crippen LogP contribution >= 0.6 is 0 Å². The van der Waals surface area contributed by atoms with Crippen molar-refractivity contribution in [1.82, 2.24) is 4.98 Å². The van der Waals surface area contributed by atoms with E-state index in [0.29, 0.717) is 11.6 Å². The van der Waals surface area contributed by atoms with Gasteiger partial charge < -0.3 is 13.7 Å². The number of hydrogen-bond acceptors (Lipinski definition) is 4. The normalized spacial score (nSPS) is 26.5. The van der Waals surface area contributed by atoms with Gasteiger partial charge in [-0.25, -0.2) is 4.98 Å². The molecule has 1 aromatic heterocycles. The Labute approximate surface area is 102 Å². The number of rotatable bonds is 2. The molecule has 1 aliphatic carbocycles. The van der Waals surface area contributed by atoms with Crippen molar-refractivity contribution in [3.05, 3.63) is 12.1 Å². The zero-order chi connectivity index (χ0) is 12.3. The molecule has 3 rings (SSSR count). The molecule has 92 valence electrons. The van der Waals surface area contributed by atoms with Crippen LogP contribution in [0.25, 0.3) is 0 Å². The third-order valence-electron chi connectivity index (χ3n) is 3.95. The Hall–Kier alpha value is -0.805. The molecule has 0 N–H and O–H groups in total. The Balaban J connectivity index is 1.81. The van der Waals surface area contributed by atoms with Crippen LogP contribution in [0.3, 0.4) is 0 Å². The Bertz CT molecular complexity index is 421. The molecule has 0 bridgehead atoms. The van der Waals surface area contributed by atoms with Crippen molar-refractivity contribution in [2.75, 3.05) is 0 Å². The monoisotopic (exact) mass is 235 g/mol. The molecule has 2 aliphatic rings. The summed E-state index contributed by atoms with van der Waals surface area (Å²) in [6.07, 6.45) is 4.10. The van der Waals surface area contributed by atoms with Crippen LogP contribution in [0.1, 0.15) is 52.3 Å². The van der Waals surface area contributed by atoms with Gasteiger partial charge in [0.1, 0.15) is 0 Å². The van der Waals surface area contributed by atoms with Gasteiger partial charge in [-0.2, -0.15) is 0 Å². The topological polar surface area (TPSA) is 44.5 Å². The SMILES string of the molecule is CC1(C)OB(c2cnc(C3CC3)o2)OC1(C)C. The van der Waals surface area contributed by atoms with Crippen molar-refractivity contribution >= 4 is 12.8 Å². The number of aromatic nitrogens is 1. The quantitative estimate of drug-likeness (QED) is 0.734. The van der Waals surface area contributed by atoms with E-state index in [1.165, 1.54) is 12.8 Å². The lowest BCUT2D eigenvalue weighted by atomic mass is 9.87. The molecule has 4 nitrogen and oxygen atoms in total. The van der Waals surface area contributed by atoms with E-state index in [4.69, 9.17) is 13.7 Å². The van der Waals surface area contributed by atoms with Gasteiger partial charge in [-0.1, -0.05) is 0 Å². The smallest absolute Gasteiger partial charge is 0.449 e. The van der Waals surface area contributed by atoms with Crippen molar-refractivity contribution < 1.29 is 13.7 Å².